The van der Waals surface area contributed by atoms with E-state index in [-0.39, 0.29) is 23.6 Å². The fourth-order valence-electron chi connectivity index (χ4n) is 4.45. The second-order valence-electron chi connectivity index (χ2n) is 9.97. The van der Waals surface area contributed by atoms with Gasteiger partial charge in [-0.3, -0.25) is 4.79 Å². The molecule has 1 fully saturated rings. The van der Waals surface area contributed by atoms with Crippen molar-refractivity contribution in [2.24, 2.45) is 5.92 Å². The predicted molar refractivity (Wildman–Crippen MR) is 135 cm³/mol. The number of hydrogen-bond donors (Lipinski definition) is 2. The largest absolute Gasteiger partial charge is 0.417 e. The molecule has 2 aromatic rings. The van der Waals surface area contributed by atoms with E-state index in [4.69, 9.17) is 0 Å². The molecule has 2 aliphatic carbocycles. The highest BCUT2D eigenvalue weighted by molar-refractivity contribution is 6.01. The summed E-state index contributed by atoms with van der Waals surface area (Å²) < 4.78 is 55.0. The lowest BCUT2D eigenvalue weighted by Gasteiger charge is -2.21. The average Bonchev–Trinajstić information content (AvgIpc) is 3.59. The molecule has 0 bridgehead atoms. The first-order chi connectivity index (χ1) is 17.1. The van der Waals surface area contributed by atoms with Gasteiger partial charge in [0.1, 0.15) is 6.67 Å². The maximum Gasteiger partial charge on any atom is 0.417 e. The highest BCUT2D eigenvalue weighted by Gasteiger charge is 2.36. The van der Waals surface area contributed by atoms with Gasteiger partial charge in [0, 0.05) is 28.4 Å². The lowest BCUT2D eigenvalue weighted by atomic mass is 9.99. The number of rotatable bonds is 10. The maximum absolute atomic E-state index is 13.8. The van der Waals surface area contributed by atoms with Gasteiger partial charge in [-0.2, -0.15) is 13.2 Å². The molecule has 2 atom stereocenters. The molecular formula is C27H32F4N4O. The second-order valence-corrected chi connectivity index (χ2v) is 9.97. The number of aromatic nitrogens is 1. The van der Waals surface area contributed by atoms with Crippen LogP contribution in [-0.4, -0.2) is 61.4 Å². The molecule has 2 aliphatic rings. The number of nitrogens with one attached hydrogen (secondary N) is 2. The van der Waals surface area contributed by atoms with Crippen molar-refractivity contribution < 1.29 is 22.4 Å². The Balaban J connectivity index is 1.69. The molecule has 0 spiro atoms. The van der Waals surface area contributed by atoms with Crippen LogP contribution >= 0.6 is 0 Å². The Hall–Kier alpha value is -2.94. The molecule has 9 heteroatoms. The van der Waals surface area contributed by atoms with E-state index in [0.717, 1.165) is 18.4 Å². The summed E-state index contributed by atoms with van der Waals surface area (Å²) in [6, 6.07) is 6.12. The van der Waals surface area contributed by atoms with E-state index in [0.29, 0.717) is 48.0 Å². The third kappa shape index (κ3) is 6.06. The van der Waals surface area contributed by atoms with Crippen LogP contribution in [0.5, 0.6) is 0 Å². The fraction of sp³-hybridized carbons (Fsp3) is 0.481. The van der Waals surface area contributed by atoms with Gasteiger partial charge < -0.3 is 15.5 Å². The quantitative estimate of drug-likeness (QED) is 0.415. The summed E-state index contributed by atoms with van der Waals surface area (Å²) in [7, 11) is 3.80. The number of benzene rings is 1. The van der Waals surface area contributed by atoms with E-state index in [1.54, 1.807) is 24.3 Å². The van der Waals surface area contributed by atoms with Crippen molar-refractivity contribution in [3.63, 3.8) is 0 Å². The zero-order valence-electron chi connectivity index (χ0n) is 20.6. The Bertz CT molecular complexity index is 1170. The minimum atomic E-state index is -4.65. The molecule has 1 heterocycles. The third-order valence-electron chi connectivity index (χ3n) is 6.71. The maximum atomic E-state index is 13.8. The van der Waals surface area contributed by atoms with E-state index >= 15 is 0 Å². The molecule has 1 aromatic carbocycles. The third-order valence-corrected chi connectivity index (χ3v) is 6.71. The van der Waals surface area contributed by atoms with Gasteiger partial charge in [-0.05, 0) is 70.5 Å². The molecule has 4 rings (SSSR count). The summed E-state index contributed by atoms with van der Waals surface area (Å²) in [5.41, 5.74) is 0.462. The van der Waals surface area contributed by atoms with E-state index in [9.17, 15) is 22.4 Å². The Labute approximate surface area is 208 Å². The van der Waals surface area contributed by atoms with Crippen LogP contribution in [0.2, 0.25) is 0 Å². The highest BCUT2D eigenvalue weighted by Crippen LogP contribution is 2.39. The molecular weight excluding hydrogens is 472 g/mol. The Morgan fingerprint density at radius 2 is 2.00 bits per heavy atom. The number of carbonyl (C=O) groups excluding carboxylic acids is 1. The molecule has 1 amide bonds. The second kappa shape index (κ2) is 10.6. The number of alkyl halides is 4. The van der Waals surface area contributed by atoms with Crippen molar-refractivity contribution in [1.82, 2.24) is 15.2 Å². The van der Waals surface area contributed by atoms with E-state index < -0.39 is 24.5 Å². The van der Waals surface area contributed by atoms with Crippen LogP contribution < -0.4 is 10.6 Å². The SMILES string of the molecule is C=C(c1nc(C2=CCC(NC(=O)C3CC3)C2)cc2c(N[C@@H](CF)CCN(C)C)cccc12)C(F)(F)F. The van der Waals surface area contributed by atoms with Crippen molar-refractivity contribution >= 4 is 33.5 Å². The van der Waals surface area contributed by atoms with Crippen molar-refractivity contribution in [1.29, 1.82) is 0 Å². The number of anilines is 1. The first-order valence-electron chi connectivity index (χ1n) is 12.2. The number of halogens is 4. The minimum Gasteiger partial charge on any atom is -0.379 e. The van der Waals surface area contributed by atoms with Crippen LogP contribution in [0.4, 0.5) is 23.2 Å². The van der Waals surface area contributed by atoms with Crippen molar-refractivity contribution in [3.05, 3.63) is 48.3 Å². The molecule has 2 N–H and O–H groups in total. The summed E-state index contributed by atoms with van der Waals surface area (Å²) in [6.07, 6.45) is 0.686. The molecule has 1 aromatic heterocycles. The minimum absolute atomic E-state index is 0.0359. The summed E-state index contributed by atoms with van der Waals surface area (Å²) in [5, 5.41) is 7.05. The summed E-state index contributed by atoms with van der Waals surface area (Å²) >= 11 is 0. The topological polar surface area (TPSA) is 57.3 Å². The number of carbonyl (C=O) groups is 1. The van der Waals surface area contributed by atoms with Gasteiger partial charge >= 0.3 is 6.18 Å². The highest BCUT2D eigenvalue weighted by atomic mass is 19.4. The van der Waals surface area contributed by atoms with Crippen LogP contribution in [0.15, 0.2) is 36.9 Å². The number of amides is 1. The lowest BCUT2D eigenvalue weighted by molar-refractivity contribution is -0.122. The van der Waals surface area contributed by atoms with E-state index in [1.165, 1.54) is 0 Å². The fourth-order valence-corrected chi connectivity index (χ4v) is 4.45. The first-order valence-corrected chi connectivity index (χ1v) is 12.2. The molecule has 5 nitrogen and oxygen atoms in total. The van der Waals surface area contributed by atoms with Gasteiger partial charge in [0.25, 0.3) is 0 Å². The number of hydrogen-bond acceptors (Lipinski definition) is 4. The number of pyridine rings is 1. The smallest absolute Gasteiger partial charge is 0.379 e. The van der Waals surface area contributed by atoms with Gasteiger partial charge in [-0.15, -0.1) is 0 Å². The van der Waals surface area contributed by atoms with Gasteiger partial charge in [-0.1, -0.05) is 24.8 Å². The Morgan fingerprint density at radius 1 is 1.25 bits per heavy atom. The van der Waals surface area contributed by atoms with Gasteiger partial charge in [0.2, 0.25) is 5.91 Å². The average molecular weight is 505 g/mol. The molecule has 36 heavy (non-hydrogen) atoms. The van der Waals surface area contributed by atoms with E-state index in [2.05, 4.69) is 22.2 Å². The van der Waals surface area contributed by atoms with Crippen LogP contribution in [0.1, 0.15) is 43.5 Å². The Kier molecular flexibility index (Phi) is 7.68. The molecule has 0 aliphatic heterocycles. The number of nitrogens with zero attached hydrogens (tertiary/aromatic N) is 2. The first kappa shape index (κ1) is 26.1. The van der Waals surface area contributed by atoms with Crippen molar-refractivity contribution in [2.75, 3.05) is 32.6 Å². The van der Waals surface area contributed by atoms with Gasteiger partial charge in [0.05, 0.1) is 23.0 Å². The van der Waals surface area contributed by atoms with Crippen LogP contribution in [-0.2, 0) is 4.79 Å². The van der Waals surface area contributed by atoms with Crippen LogP contribution in [0.25, 0.3) is 21.9 Å². The zero-order chi connectivity index (χ0) is 26.0. The van der Waals surface area contributed by atoms with Gasteiger partial charge in [0.15, 0.2) is 0 Å². The number of fused-ring (bicyclic) bond motifs is 1. The Morgan fingerprint density at radius 3 is 2.64 bits per heavy atom. The van der Waals surface area contributed by atoms with Gasteiger partial charge in [-0.25, -0.2) is 9.37 Å². The zero-order valence-corrected chi connectivity index (χ0v) is 20.6. The standard InChI is InChI=1S/C27H32F4N4O/c1-16(27(29,30)31)25-21-5-4-6-23(32-20(15-28)11-12-35(2)3)22(21)14-24(34-25)18-9-10-19(13-18)33-26(36)17-7-8-17/h4-6,9,14,17,19-20,32H,1,7-8,10-13,15H2,2-3H3,(H,33,36)/t19?,20-/m1/s1. The lowest BCUT2D eigenvalue weighted by Crippen LogP contribution is -2.34. The summed E-state index contributed by atoms with van der Waals surface area (Å²) in [5.74, 6) is 0.118. The summed E-state index contributed by atoms with van der Waals surface area (Å²) in [6.45, 7) is 3.35. The molecule has 1 unspecified atom stereocenters. The monoisotopic (exact) mass is 504 g/mol. The van der Waals surface area contributed by atoms with E-state index in [1.807, 2.05) is 25.1 Å². The van der Waals surface area contributed by atoms with Crippen molar-refractivity contribution in [3.8, 4) is 0 Å². The number of allylic oxidation sites excluding steroid dienone is 1. The molecule has 1 saturated carbocycles. The predicted octanol–water partition coefficient (Wildman–Crippen LogP) is 5.58. The van der Waals surface area contributed by atoms with Crippen LogP contribution in [0.3, 0.4) is 0 Å². The van der Waals surface area contributed by atoms with Crippen LogP contribution in [0, 0.1) is 5.92 Å². The van der Waals surface area contributed by atoms with Crippen molar-refractivity contribution in [2.45, 2.75) is 50.4 Å². The molecule has 0 saturated heterocycles. The molecule has 194 valence electrons. The normalized spacial score (nSPS) is 18.9. The molecule has 0 radical (unpaired) electrons. The summed E-state index contributed by atoms with van der Waals surface area (Å²) in [4.78, 5) is 18.5.